The first-order valence-corrected chi connectivity index (χ1v) is 10.1. The number of hydrogen-bond donors (Lipinski definition) is 1. The lowest BCUT2D eigenvalue weighted by atomic mass is 9.78. The fourth-order valence-electron chi connectivity index (χ4n) is 3.62. The molecule has 0 radical (unpaired) electrons. The van der Waals surface area contributed by atoms with E-state index in [2.05, 4.69) is 11.2 Å². The molecule has 4 heterocycles. The summed E-state index contributed by atoms with van der Waals surface area (Å²) in [5.41, 5.74) is 0.550. The van der Waals surface area contributed by atoms with Gasteiger partial charge in [-0.25, -0.2) is 9.31 Å². The summed E-state index contributed by atoms with van der Waals surface area (Å²) in [6, 6.07) is 3.93. The number of morpholine rings is 1. The molecule has 2 aromatic heterocycles. The Hall–Kier alpha value is -2.81. The van der Waals surface area contributed by atoms with Crippen LogP contribution in [-0.4, -0.2) is 76.4 Å². The molecule has 1 atom stereocenters. The lowest BCUT2D eigenvalue weighted by Gasteiger charge is -2.32. The van der Waals surface area contributed by atoms with Crippen LogP contribution in [0.5, 0.6) is 5.75 Å². The second-order valence-corrected chi connectivity index (χ2v) is 8.72. The van der Waals surface area contributed by atoms with Gasteiger partial charge in [0, 0.05) is 12.0 Å². The predicted molar refractivity (Wildman–Crippen MR) is 110 cm³/mol. The first-order valence-electron chi connectivity index (χ1n) is 10.1. The van der Waals surface area contributed by atoms with Crippen molar-refractivity contribution in [2.75, 3.05) is 26.3 Å². The zero-order chi connectivity index (χ0) is 22.4. The van der Waals surface area contributed by atoms with Crippen LogP contribution in [0.25, 0.3) is 5.52 Å². The van der Waals surface area contributed by atoms with Crippen molar-refractivity contribution in [2.45, 2.75) is 45.0 Å². The molecule has 2 aliphatic heterocycles. The minimum atomic E-state index is -0.974. The number of ether oxygens (including phenoxy) is 2. The van der Waals surface area contributed by atoms with Crippen LogP contribution in [0.2, 0.25) is 0 Å². The summed E-state index contributed by atoms with van der Waals surface area (Å²) < 4.78 is 25.5. The molecule has 10 nitrogen and oxygen atoms in total. The van der Waals surface area contributed by atoms with E-state index in [9.17, 15) is 15.2 Å². The molecule has 1 unspecified atom stereocenters. The van der Waals surface area contributed by atoms with Gasteiger partial charge in [0.25, 0.3) is 0 Å². The SMILES string of the molecule is CC1(C)OB(c2cc(OCC3CN(C(=O)O)CCO3)cn3ncc(C#N)c23)OC1(C)C. The van der Waals surface area contributed by atoms with Crippen molar-refractivity contribution in [3.05, 3.63) is 24.0 Å². The van der Waals surface area contributed by atoms with Crippen molar-refractivity contribution in [3.8, 4) is 11.8 Å². The van der Waals surface area contributed by atoms with Gasteiger partial charge in [0.05, 0.1) is 47.8 Å². The maximum absolute atomic E-state index is 11.2. The summed E-state index contributed by atoms with van der Waals surface area (Å²) in [6.07, 6.45) is 1.80. The van der Waals surface area contributed by atoms with E-state index in [4.69, 9.17) is 18.8 Å². The van der Waals surface area contributed by atoms with Gasteiger partial charge < -0.3 is 28.8 Å². The summed E-state index contributed by atoms with van der Waals surface area (Å²) in [6.45, 7) is 8.91. The Kier molecular flexibility index (Phi) is 5.33. The van der Waals surface area contributed by atoms with E-state index in [0.717, 1.165) is 0 Å². The summed E-state index contributed by atoms with van der Waals surface area (Å²) in [5, 5.41) is 23.0. The molecule has 4 rings (SSSR count). The van der Waals surface area contributed by atoms with Crippen molar-refractivity contribution in [1.29, 1.82) is 5.26 Å². The molecule has 31 heavy (non-hydrogen) atoms. The maximum Gasteiger partial charge on any atom is 0.497 e. The van der Waals surface area contributed by atoms with Crippen LogP contribution >= 0.6 is 0 Å². The number of fused-ring (bicyclic) bond motifs is 1. The normalized spacial score (nSPS) is 22.5. The molecule has 0 aliphatic carbocycles. The molecule has 0 saturated carbocycles. The van der Waals surface area contributed by atoms with Gasteiger partial charge >= 0.3 is 13.2 Å². The highest BCUT2D eigenvalue weighted by atomic mass is 16.7. The number of aromatic nitrogens is 2. The number of amides is 1. The number of carboxylic acid groups (broad SMARTS) is 1. The number of carbonyl (C=O) groups is 1. The zero-order valence-corrected chi connectivity index (χ0v) is 18.0. The van der Waals surface area contributed by atoms with Crippen molar-refractivity contribution in [2.24, 2.45) is 0 Å². The van der Waals surface area contributed by atoms with E-state index in [1.54, 1.807) is 16.8 Å². The third-order valence-corrected chi connectivity index (χ3v) is 6.09. The van der Waals surface area contributed by atoms with Crippen LogP contribution in [0, 0.1) is 11.3 Å². The van der Waals surface area contributed by atoms with Gasteiger partial charge in [-0.15, -0.1) is 0 Å². The molecule has 0 aromatic carbocycles. The number of pyridine rings is 1. The number of nitriles is 1. The standard InChI is InChI=1S/C20H25BN4O6/c1-19(2)20(3,4)31-21(30-19)16-7-14(11-25-17(16)13(8-22)9-23-25)29-12-15-10-24(18(26)27)5-6-28-15/h7,9,11,15H,5-6,10,12H2,1-4H3,(H,26,27). The van der Waals surface area contributed by atoms with Crippen LogP contribution < -0.4 is 10.2 Å². The number of nitrogens with zero attached hydrogens (tertiary/aromatic N) is 4. The number of hydrogen-bond acceptors (Lipinski definition) is 7. The molecule has 164 valence electrons. The Morgan fingerprint density at radius 1 is 1.39 bits per heavy atom. The van der Waals surface area contributed by atoms with E-state index in [-0.39, 0.29) is 19.3 Å². The van der Waals surface area contributed by atoms with Gasteiger partial charge in [-0.3, -0.25) is 0 Å². The van der Waals surface area contributed by atoms with E-state index in [1.807, 2.05) is 27.7 Å². The predicted octanol–water partition coefficient (Wildman–Crippen LogP) is 1.26. The maximum atomic E-state index is 11.2. The summed E-state index contributed by atoms with van der Waals surface area (Å²) in [5.74, 6) is 0.487. The van der Waals surface area contributed by atoms with Gasteiger partial charge in [0.15, 0.2) is 0 Å². The highest BCUT2D eigenvalue weighted by molar-refractivity contribution is 6.64. The van der Waals surface area contributed by atoms with Gasteiger partial charge in [-0.2, -0.15) is 10.4 Å². The molecule has 0 bridgehead atoms. The van der Waals surface area contributed by atoms with Crippen LogP contribution in [-0.2, 0) is 14.0 Å². The van der Waals surface area contributed by atoms with E-state index in [1.165, 1.54) is 11.1 Å². The third-order valence-electron chi connectivity index (χ3n) is 6.09. The van der Waals surface area contributed by atoms with Crippen LogP contribution in [0.4, 0.5) is 4.79 Å². The second-order valence-electron chi connectivity index (χ2n) is 8.72. The molecule has 0 spiro atoms. The van der Waals surface area contributed by atoms with Gasteiger partial charge in [0.1, 0.15) is 24.5 Å². The van der Waals surface area contributed by atoms with Gasteiger partial charge in [-0.1, -0.05) is 0 Å². The lowest BCUT2D eigenvalue weighted by Crippen LogP contribution is -2.47. The fourth-order valence-corrected chi connectivity index (χ4v) is 3.62. The van der Waals surface area contributed by atoms with E-state index < -0.39 is 24.4 Å². The molecular weight excluding hydrogens is 403 g/mol. The van der Waals surface area contributed by atoms with Crippen molar-refractivity contribution < 1.29 is 28.7 Å². The Morgan fingerprint density at radius 3 is 2.74 bits per heavy atom. The Balaban J connectivity index is 1.61. The van der Waals surface area contributed by atoms with Crippen LogP contribution in [0.3, 0.4) is 0 Å². The monoisotopic (exact) mass is 428 g/mol. The fraction of sp³-hybridized carbons (Fsp3) is 0.550. The molecule has 2 saturated heterocycles. The summed E-state index contributed by atoms with van der Waals surface area (Å²) in [7, 11) is -0.701. The first-order chi connectivity index (χ1) is 14.6. The Labute approximate surface area is 180 Å². The quantitative estimate of drug-likeness (QED) is 0.724. The number of rotatable bonds is 4. The minimum Gasteiger partial charge on any atom is -0.489 e. The first kappa shape index (κ1) is 21.4. The molecule has 1 amide bonds. The van der Waals surface area contributed by atoms with Gasteiger partial charge in [0.2, 0.25) is 0 Å². The largest absolute Gasteiger partial charge is 0.497 e. The van der Waals surface area contributed by atoms with Gasteiger partial charge in [-0.05, 0) is 33.8 Å². The lowest BCUT2D eigenvalue weighted by molar-refractivity contribution is -0.0412. The highest BCUT2D eigenvalue weighted by Gasteiger charge is 2.52. The van der Waals surface area contributed by atoms with Crippen molar-refractivity contribution in [3.63, 3.8) is 0 Å². The average molecular weight is 428 g/mol. The molecule has 2 fully saturated rings. The average Bonchev–Trinajstić information content (AvgIpc) is 3.23. The van der Waals surface area contributed by atoms with Crippen LogP contribution in [0.1, 0.15) is 33.3 Å². The second kappa shape index (κ2) is 7.71. The summed E-state index contributed by atoms with van der Waals surface area (Å²) >= 11 is 0. The van der Waals surface area contributed by atoms with Crippen LogP contribution in [0.15, 0.2) is 18.5 Å². The smallest absolute Gasteiger partial charge is 0.489 e. The van der Waals surface area contributed by atoms with E-state index >= 15 is 0 Å². The zero-order valence-electron chi connectivity index (χ0n) is 18.0. The summed E-state index contributed by atoms with van der Waals surface area (Å²) in [4.78, 5) is 12.5. The topological polar surface area (TPSA) is 119 Å². The minimum absolute atomic E-state index is 0.171. The third kappa shape index (κ3) is 3.94. The molecule has 2 aliphatic rings. The molecule has 11 heteroatoms. The molecule has 2 aromatic rings. The van der Waals surface area contributed by atoms with E-state index in [0.29, 0.717) is 35.4 Å². The molecular formula is C20H25BN4O6. The Morgan fingerprint density at radius 2 is 2.10 bits per heavy atom. The van der Waals surface area contributed by atoms with Crippen molar-refractivity contribution in [1.82, 2.24) is 14.5 Å². The molecule has 1 N–H and O–H groups in total. The Bertz CT molecular complexity index is 1030. The highest BCUT2D eigenvalue weighted by Crippen LogP contribution is 2.37. The van der Waals surface area contributed by atoms with Crippen molar-refractivity contribution >= 4 is 24.2 Å².